The Hall–Kier alpha value is -2.43. The number of aryl methyl sites for hydroxylation is 2. The van der Waals surface area contributed by atoms with Gasteiger partial charge in [0.25, 0.3) is 0 Å². The Kier molecular flexibility index (Phi) is 9.32. The fraction of sp³-hybridized carbons (Fsp3) is 0.348. The number of anilines is 1. The number of aromatic nitrogens is 3. The average Bonchev–Trinajstić information content (AvgIpc) is 3.19. The molecule has 0 unspecified atom stereocenters. The number of nitrogens with zero attached hydrogens (tertiary/aromatic N) is 3. The second-order valence-corrected chi connectivity index (χ2v) is 9.32. The van der Waals surface area contributed by atoms with Gasteiger partial charge in [0, 0.05) is 18.0 Å². The standard InChI is InChI=1S/C23H23Cl2F3N4O2S/c1-3-32-20(5-4-10-34-19-9-7-16(24)11-14(19)2)30-31-22(32)35-13-21(33)29-18-12-15(23(26,27)28)6-8-17(18)25/h6-9,11-12H,3-5,10,13H2,1-2H3,(H,29,33). The third-order valence-electron chi connectivity index (χ3n) is 4.95. The third kappa shape index (κ3) is 7.52. The Balaban J connectivity index is 1.53. The number of benzene rings is 2. The molecule has 188 valence electrons. The van der Waals surface area contributed by atoms with E-state index in [1.54, 1.807) is 6.07 Å². The molecule has 0 saturated carbocycles. The molecule has 0 aliphatic carbocycles. The van der Waals surface area contributed by atoms with Gasteiger partial charge in [-0.3, -0.25) is 4.79 Å². The minimum absolute atomic E-state index is 0.0198. The van der Waals surface area contributed by atoms with Gasteiger partial charge < -0.3 is 14.6 Å². The first-order valence-corrected chi connectivity index (χ1v) is 12.4. The maximum atomic E-state index is 12.9. The van der Waals surface area contributed by atoms with Gasteiger partial charge in [-0.25, -0.2) is 0 Å². The van der Waals surface area contributed by atoms with Crippen LogP contribution in [0.4, 0.5) is 18.9 Å². The molecular weight excluding hydrogens is 524 g/mol. The minimum Gasteiger partial charge on any atom is -0.493 e. The summed E-state index contributed by atoms with van der Waals surface area (Å²) in [5.74, 6) is 0.960. The summed E-state index contributed by atoms with van der Waals surface area (Å²) in [6.07, 6.45) is -3.20. The zero-order valence-electron chi connectivity index (χ0n) is 19.0. The molecule has 1 heterocycles. The maximum Gasteiger partial charge on any atom is 0.416 e. The zero-order valence-corrected chi connectivity index (χ0v) is 21.3. The van der Waals surface area contributed by atoms with Gasteiger partial charge in [-0.05, 0) is 62.2 Å². The van der Waals surface area contributed by atoms with Crippen LogP contribution in [-0.2, 0) is 23.9 Å². The lowest BCUT2D eigenvalue weighted by atomic mass is 10.2. The maximum absolute atomic E-state index is 12.9. The first kappa shape index (κ1) is 27.2. The number of nitrogens with one attached hydrogen (secondary N) is 1. The highest BCUT2D eigenvalue weighted by molar-refractivity contribution is 7.99. The lowest BCUT2D eigenvalue weighted by Gasteiger charge is -2.12. The molecule has 3 aromatic rings. The summed E-state index contributed by atoms with van der Waals surface area (Å²) >= 11 is 13.0. The molecule has 2 aromatic carbocycles. The number of carbonyl (C=O) groups excluding carboxylic acids is 1. The largest absolute Gasteiger partial charge is 0.493 e. The summed E-state index contributed by atoms with van der Waals surface area (Å²) < 4.78 is 46.5. The summed E-state index contributed by atoms with van der Waals surface area (Å²) in [6, 6.07) is 8.22. The van der Waals surface area contributed by atoms with Crippen molar-refractivity contribution in [3.8, 4) is 5.75 Å². The summed E-state index contributed by atoms with van der Waals surface area (Å²) in [6.45, 7) is 4.95. The number of alkyl halides is 3. The average molecular weight is 547 g/mol. The van der Waals surface area contributed by atoms with E-state index in [9.17, 15) is 18.0 Å². The van der Waals surface area contributed by atoms with Crippen molar-refractivity contribution >= 4 is 46.6 Å². The van der Waals surface area contributed by atoms with Crippen molar-refractivity contribution in [3.63, 3.8) is 0 Å². The first-order chi connectivity index (χ1) is 16.6. The molecule has 1 N–H and O–H groups in total. The van der Waals surface area contributed by atoms with Gasteiger partial charge >= 0.3 is 6.18 Å². The third-order valence-corrected chi connectivity index (χ3v) is 6.48. The van der Waals surface area contributed by atoms with Gasteiger partial charge in [0.1, 0.15) is 11.6 Å². The Morgan fingerprint density at radius 1 is 1.17 bits per heavy atom. The SMILES string of the molecule is CCn1c(CCCOc2ccc(Cl)cc2C)nnc1SCC(=O)Nc1cc(C(F)(F)F)ccc1Cl. The molecule has 0 aliphatic heterocycles. The summed E-state index contributed by atoms with van der Waals surface area (Å²) in [7, 11) is 0. The van der Waals surface area contributed by atoms with Crippen molar-refractivity contribution in [1.82, 2.24) is 14.8 Å². The molecule has 35 heavy (non-hydrogen) atoms. The molecule has 0 atom stereocenters. The van der Waals surface area contributed by atoms with Gasteiger partial charge in [0.05, 0.1) is 28.6 Å². The van der Waals surface area contributed by atoms with E-state index in [-0.39, 0.29) is 16.5 Å². The fourth-order valence-corrected chi connectivity index (χ4v) is 4.44. The second-order valence-electron chi connectivity index (χ2n) is 7.53. The Bertz CT molecular complexity index is 1190. The number of hydrogen-bond donors (Lipinski definition) is 1. The number of hydrogen-bond acceptors (Lipinski definition) is 5. The first-order valence-electron chi connectivity index (χ1n) is 10.7. The van der Waals surface area contributed by atoms with Crippen LogP contribution in [0, 0.1) is 6.92 Å². The normalized spacial score (nSPS) is 11.5. The molecule has 12 heteroatoms. The number of rotatable bonds is 10. The Morgan fingerprint density at radius 3 is 2.63 bits per heavy atom. The molecule has 1 aromatic heterocycles. The van der Waals surface area contributed by atoms with Crippen LogP contribution in [0.5, 0.6) is 5.75 Å². The summed E-state index contributed by atoms with van der Waals surface area (Å²) in [5, 5.41) is 12.0. The van der Waals surface area contributed by atoms with Crippen molar-refractivity contribution in [1.29, 1.82) is 0 Å². The number of ether oxygens (including phenoxy) is 1. The van der Waals surface area contributed by atoms with Crippen LogP contribution in [0.3, 0.4) is 0 Å². The molecule has 0 fully saturated rings. The molecule has 6 nitrogen and oxygen atoms in total. The van der Waals surface area contributed by atoms with E-state index in [1.807, 2.05) is 30.5 Å². The van der Waals surface area contributed by atoms with Crippen molar-refractivity contribution < 1.29 is 22.7 Å². The second kappa shape index (κ2) is 12.0. The molecule has 0 saturated heterocycles. The molecule has 0 radical (unpaired) electrons. The van der Waals surface area contributed by atoms with E-state index in [1.165, 1.54) is 0 Å². The number of carbonyl (C=O) groups is 1. The van der Waals surface area contributed by atoms with Crippen molar-refractivity contribution in [2.45, 2.75) is 44.6 Å². The monoisotopic (exact) mass is 546 g/mol. The van der Waals surface area contributed by atoms with Crippen molar-refractivity contribution in [3.05, 3.63) is 63.4 Å². The van der Waals surface area contributed by atoms with E-state index in [0.29, 0.717) is 36.2 Å². The lowest BCUT2D eigenvalue weighted by molar-refractivity contribution is -0.137. The van der Waals surface area contributed by atoms with Gasteiger partial charge in [-0.15, -0.1) is 10.2 Å². The van der Waals surface area contributed by atoms with E-state index < -0.39 is 17.6 Å². The fourth-order valence-electron chi connectivity index (χ4n) is 3.23. The van der Waals surface area contributed by atoms with E-state index in [0.717, 1.165) is 47.1 Å². The molecule has 0 aliphatic rings. The van der Waals surface area contributed by atoms with Crippen LogP contribution in [0.2, 0.25) is 10.0 Å². The van der Waals surface area contributed by atoms with E-state index in [2.05, 4.69) is 15.5 Å². The van der Waals surface area contributed by atoms with E-state index in [4.69, 9.17) is 27.9 Å². The minimum atomic E-state index is -4.54. The number of thioether (sulfide) groups is 1. The lowest BCUT2D eigenvalue weighted by Crippen LogP contribution is -2.16. The summed E-state index contributed by atoms with van der Waals surface area (Å²) in [5.41, 5.74) is -0.0336. The van der Waals surface area contributed by atoms with Crippen LogP contribution in [-0.4, -0.2) is 33.0 Å². The van der Waals surface area contributed by atoms with Crippen molar-refractivity contribution in [2.24, 2.45) is 0 Å². The molecular formula is C23H23Cl2F3N4O2S. The van der Waals surface area contributed by atoms with Crippen LogP contribution >= 0.6 is 35.0 Å². The molecule has 3 rings (SSSR count). The highest BCUT2D eigenvalue weighted by atomic mass is 35.5. The van der Waals surface area contributed by atoms with Crippen LogP contribution < -0.4 is 10.1 Å². The zero-order chi connectivity index (χ0) is 25.6. The Labute approximate surface area is 215 Å². The Morgan fingerprint density at radius 2 is 1.94 bits per heavy atom. The van der Waals surface area contributed by atoms with Gasteiger partial charge in [-0.2, -0.15) is 13.2 Å². The quantitative estimate of drug-likeness (QED) is 0.227. The topological polar surface area (TPSA) is 69.0 Å². The summed E-state index contributed by atoms with van der Waals surface area (Å²) in [4.78, 5) is 12.3. The van der Waals surface area contributed by atoms with E-state index >= 15 is 0 Å². The van der Waals surface area contributed by atoms with Gasteiger partial charge in [-0.1, -0.05) is 35.0 Å². The molecule has 1 amide bonds. The van der Waals surface area contributed by atoms with Gasteiger partial charge in [0.2, 0.25) is 5.91 Å². The van der Waals surface area contributed by atoms with Crippen LogP contribution in [0.15, 0.2) is 41.6 Å². The van der Waals surface area contributed by atoms with Crippen LogP contribution in [0.25, 0.3) is 0 Å². The smallest absolute Gasteiger partial charge is 0.416 e. The highest BCUT2D eigenvalue weighted by Gasteiger charge is 2.31. The molecule has 0 spiro atoms. The number of halogens is 5. The highest BCUT2D eigenvalue weighted by Crippen LogP contribution is 2.34. The van der Waals surface area contributed by atoms with Crippen LogP contribution in [0.1, 0.15) is 30.3 Å². The van der Waals surface area contributed by atoms with Gasteiger partial charge in [0.15, 0.2) is 5.16 Å². The van der Waals surface area contributed by atoms with Crippen molar-refractivity contribution in [2.75, 3.05) is 17.7 Å². The predicted octanol–water partition coefficient (Wildman–Crippen LogP) is 6.67. The number of amides is 1. The molecule has 0 bridgehead atoms. The predicted molar refractivity (Wildman–Crippen MR) is 132 cm³/mol.